The van der Waals surface area contributed by atoms with Gasteiger partial charge in [-0.3, -0.25) is 0 Å². The van der Waals surface area contributed by atoms with Gasteiger partial charge in [-0.25, -0.2) is 13.1 Å². The van der Waals surface area contributed by atoms with Gasteiger partial charge in [0.1, 0.15) is 0 Å². The van der Waals surface area contributed by atoms with E-state index in [-0.39, 0.29) is 11.8 Å². The molecule has 0 aliphatic rings. The Balaban J connectivity index is 2.00. The van der Waals surface area contributed by atoms with Crippen LogP contribution in [0, 0.1) is 6.92 Å². The zero-order chi connectivity index (χ0) is 16.2. The first-order valence-electron chi connectivity index (χ1n) is 7.09. The largest absolute Gasteiger partial charge is 0.301 e. The number of likely N-dealkylation sites (N-methyl/N-ethyl adjacent to an activating group) is 1. The summed E-state index contributed by atoms with van der Waals surface area (Å²) in [6, 6.07) is 9.65. The van der Waals surface area contributed by atoms with Crippen LogP contribution in [0.1, 0.15) is 22.7 Å². The lowest BCUT2D eigenvalue weighted by molar-refractivity contribution is 0.300. The van der Waals surface area contributed by atoms with Gasteiger partial charge in [-0.1, -0.05) is 29.8 Å². The first kappa shape index (κ1) is 17.1. The van der Waals surface area contributed by atoms with Crippen LogP contribution in [0.15, 0.2) is 41.1 Å². The summed E-state index contributed by atoms with van der Waals surface area (Å²) in [6.07, 6.45) is 0. The molecule has 120 valence electrons. The Bertz CT molecular complexity index is 677. The zero-order valence-electron chi connectivity index (χ0n) is 13.1. The lowest BCUT2D eigenvalue weighted by Crippen LogP contribution is -2.35. The van der Waals surface area contributed by atoms with Gasteiger partial charge in [-0.05, 0) is 49.0 Å². The third-order valence-electron chi connectivity index (χ3n) is 3.53. The van der Waals surface area contributed by atoms with Gasteiger partial charge in [0.25, 0.3) is 0 Å². The molecule has 1 aromatic heterocycles. The van der Waals surface area contributed by atoms with Crippen LogP contribution in [0.2, 0.25) is 0 Å². The molecule has 0 amide bonds. The summed E-state index contributed by atoms with van der Waals surface area (Å²) in [4.78, 5) is 2.02. The third-order valence-corrected chi connectivity index (χ3v) is 5.55. The Kier molecular flexibility index (Phi) is 5.74. The second kappa shape index (κ2) is 7.37. The molecule has 6 heteroatoms. The van der Waals surface area contributed by atoms with E-state index in [2.05, 4.69) is 10.1 Å². The van der Waals surface area contributed by atoms with Crippen LogP contribution in [0.25, 0.3) is 0 Å². The number of rotatable bonds is 7. The Morgan fingerprint density at radius 2 is 1.86 bits per heavy atom. The van der Waals surface area contributed by atoms with Gasteiger partial charge in [0.2, 0.25) is 10.0 Å². The second-order valence-electron chi connectivity index (χ2n) is 5.63. The van der Waals surface area contributed by atoms with Gasteiger partial charge < -0.3 is 4.90 Å². The normalized spacial score (nSPS) is 13.5. The van der Waals surface area contributed by atoms with Gasteiger partial charge in [0, 0.05) is 12.6 Å². The van der Waals surface area contributed by atoms with Crippen molar-refractivity contribution in [1.82, 2.24) is 9.62 Å². The number of hydrogen-bond donors (Lipinski definition) is 1. The van der Waals surface area contributed by atoms with Crippen molar-refractivity contribution in [3.63, 3.8) is 0 Å². The Labute approximate surface area is 136 Å². The molecule has 1 N–H and O–H groups in total. The Hall–Kier alpha value is -1.21. The van der Waals surface area contributed by atoms with Crippen LogP contribution >= 0.6 is 11.3 Å². The second-order valence-corrected chi connectivity index (χ2v) is 8.22. The van der Waals surface area contributed by atoms with Crippen LogP contribution in [-0.4, -0.2) is 34.0 Å². The van der Waals surface area contributed by atoms with Gasteiger partial charge in [-0.2, -0.15) is 11.3 Å². The SMILES string of the molecule is Cc1ccc(CS(=O)(=O)NC[C@H](c2ccsc2)N(C)C)cc1. The third kappa shape index (κ3) is 4.91. The first-order chi connectivity index (χ1) is 10.4. The summed E-state index contributed by atoms with van der Waals surface area (Å²) in [5.41, 5.74) is 3.06. The maximum absolute atomic E-state index is 12.3. The van der Waals surface area contributed by atoms with E-state index in [0.717, 1.165) is 16.7 Å². The van der Waals surface area contributed by atoms with Crippen molar-refractivity contribution in [3.8, 4) is 0 Å². The number of hydrogen-bond acceptors (Lipinski definition) is 4. The van der Waals surface area contributed by atoms with Crippen LogP contribution in [-0.2, 0) is 15.8 Å². The average molecular weight is 338 g/mol. The summed E-state index contributed by atoms with van der Waals surface area (Å²) in [5.74, 6) is 0.0110. The van der Waals surface area contributed by atoms with Crippen molar-refractivity contribution in [2.45, 2.75) is 18.7 Å². The molecule has 0 saturated heterocycles. The molecule has 1 aromatic carbocycles. The number of nitrogens with zero attached hydrogens (tertiary/aromatic N) is 1. The molecule has 0 fully saturated rings. The fourth-order valence-corrected chi connectivity index (χ4v) is 4.08. The zero-order valence-corrected chi connectivity index (χ0v) is 14.7. The smallest absolute Gasteiger partial charge is 0.215 e. The van der Waals surface area contributed by atoms with Crippen LogP contribution in [0.5, 0.6) is 0 Å². The fourth-order valence-electron chi connectivity index (χ4n) is 2.22. The minimum absolute atomic E-state index is 0.0110. The fraction of sp³-hybridized carbons (Fsp3) is 0.375. The van der Waals surface area contributed by atoms with Crippen molar-refractivity contribution >= 4 is 21.4 Å². The van der Waals surface area contributed by atoms with Crippen molar-refractivity contribution < 1.29 is 8.42 Å². The van der Waals surface area contributed by atoms with Crippen LogP contribution in [0.4, 0.5) is 0 Å². The number of benzene rings is 1. The number of sulfonamides is 1. The molecule has 22 heavy (non-hydrogen) atoms. The van der Waals surface area contributed by atoms with Crippen molar-refractivity contribution in [2.75, 3.05) is 20.6 Å². The predicted octanol–water partition coefficient (Wildman–Crippen LogP) is 2.78. The summed E-state index contributed by atoms with van der Waals surface area (Å²) in [5, 5.41) is 4.06. The maximum Gasteiger partial charge on any atom is 0.215 e. The highest BCUT2D eigenvalue weighted by atomic mass is 32.2. The molecular formula is C16H22N2O2S2. The molecule has 0 spiro atoms. The summed E-state index contributed by atoms with van der Waals surface area (Å²) >= 11 is 1.62. The van der Waals surface area contributed by atoms with Crippen LogP contribution in [0.3, 0.4) is 0 Å². The Morgan fingerprint density at radius 3 is 2.41 bits per heavy atom. The highest BCUT2D eigenvalue weighted by molar-refractivity contribution is 7.88. The molecule has 0 bridgehead atoms. The molecule has 1 atom stereocenters. The van der Waals surface area contributed by atoms with E-state index in [9.17, 15) is 8.42 Å². The molecular weight excluding hydrogens is 316 g/mol. The molecule has 0 radical (unpaired) electrons. The number of thiophene rings is 1. The maximum atomic E-state index is 12.3. The number of nitrogens with one attached hydrogen (secondary N) is 1. The molecule has 0 unspecified atom stereocenters. The van der Waals surface area contributed by atoms with Crippen LogP contribution < -0.4 is 4.72 Å². The predicted molar refractivity (Wildman–Crippen MR) is 92.6 cm³/mol. The van der Waals surface area contributed by atoms with Crippen molar-refractivity contribution in [3.05, 3.63) is 57.8 Å². The van der Waals surface area contributed by atoms with E-state index in [1.54, 1.807) is 11.3 Å². The highest BCUT2D eigenvalue weighted by Crippen LogP contribution is 2.20. The van der Waals surface area contributed by atoms with E-state index in [1.165, 1.54) is 0 Å². The van der Waals surface area contributed by atoms with Crippen molar-refractivity contribution in [1.29, 1.82) is 0 Å². The van der Waals surface area contributed by atoms with Crippen molar-refractivity contribution in [2.24, 2.45) is 0 Å². The average Bonchev–Trinajstić information content (AvgIpc) is 2.95. The summed E-state index contributed by atoms with van der Waals surface area (Å²) in [6.45, 7) is 2.36. The molecule has 4 nitrogen and oxygen atoms in total. The monoisotopic (exact) mass is 338 g/mol. The topological polar surface area (TPSA) is 49.4 Å². The van der Waals surface area contributed by atoms with E-state index >= 15 is 0 Å². The molecule has 2 aromatic rings. The first-order valence-corrected chi connectivity index (χ1v) is 9.68. The van der Waals surface area contributed by atoms with E-state index in [0.29, 0.717) is 6.54 Å². The van der Waals surface area contributed by atoms with E-state index in [4.69, 9.17) is 0 Å². The number of aryl methyl sites for hydroxylation is 1. The van der Waals surface area contributed by atoms with E-state index in [1.807, 2.05) is 61.6 Å². The van der Waals surface area contributed by atoms with Gasteiger partial charge in [-0.15, -0.1) is 0 Å². The lowest BCUT2D eigenvalue weighted by atomic mass is 10.1. The molecule has 1 heterocycles. The molecule has 0 saturated carbocycles. The molecule has 0 aliphatic heterocycles. The van der Waals surface area contributed by atoms with Gasteiger partial charge in [0.15, 0.2) is 0 Å². The molecule has 0 aliphatic carbocycles. The van der Waals surface area contributed by atoms with Gasteiger partial charge in [0.05, 0.1) is 5.75 Å². The quantitative estimate of drug-likeness (QED) is 0.844. The lowest BCUT2D eigenvalue weighted by Gasteiger charge is -2.24. The standard InChI is InChI=1S/C16H22N2O2S2/c1-13-4-6-14(7-5-13)12-22(19,20)17-10-16(18(2)3)15-8-9-21-11-15/h4-9,11,16-17H,10,12H2,1-3H3/t16-/m1/s1. The minimum Gasteiger partial charge on any atom is -0.301 e. The summed E-state index contributed by atoms with van der Waals surface area (Å²) in [7, 11) is 0.570. The minimum atomic E-state index is -3.34. The summed E-state index contributed by atoms with van der Waals surface area (Å²) < 4.78 is 27.2. The highest BCUT2D eigenvalue weighted by Gasteiger charge is 2.18. The van der Waals surface area contributed by atoms with E-state index < -0.39 is 10.0 Å². The Morgan fingerprint density at radius 1 is 1.18 bits per heavy atom. The molecule has 2 rings (SSSR count). The van der Waals surface area contributed by atoms with Gasteiger partial charge >= 0.3 is 0 Å².